The van der Waals surface area contributed by atoms with Gasteiger partial charge in [0.2, 0.25) is 0 Å². The van der Waals surface area contributed by atoms with Crippen LogP contribution in [0.15, 0.2) is 4.47 Å². The van der Waals surface area contributed by atoms with Gasteiger partial charge in [-0.25, -0.2) is 13.2 Å². The maximum Gasteiger partial charge on any atom is 0.175 e. The standard InChI is InChI=1S/C7H5BrF3N/c1-2-4(9)6(11)3(8)7(12)5(2)10/h12H2,1H3. The van der Waals surface area contributed by atoms with Gasteiger partial charge in [-0.15, -0.1) is 0 Å². The molecule has 0 saturated carbocycles. The van der Waals surface area contributed by atoms with Crippen molar-refractivity contribution in [3.63, 3.8) is 0 Å². The minimum atomic E-state index is -1.21. The Bertz CT molecular complexity index is 233. The minimum absolute atomic E-state index is 0.372. The van der Waals surface area contributed by atoms with Crippen molar-refractivity contribution in [3.05, 3.63) is 27.5 Å². The smallest absolute Gasteiger partial charge is 0.175 e. The highest BCUT2D eigenvalue weighted by Crippen LogP contribution is 2.30. The lowest BCUT2D eigenvalue weighted by Gasteiger charge is -2.05. The first kappa shape index (κ1) is 9.38. The predicted octanol–water partition coefficient (Wildman–Crippen LogP) is 2.76. The molecule has 0 aliphatic rings. The van der Waals surface area contributed by atoms with Crippen LogP contribution in [-0.2, 0) is 0 Å². The largest absolute Gasteiger partial charge is 0.395 e. The Balaban J connectivity index is 3.60. The molecule has 2 N–H and O–H groups in total. The van der Waals surface area contributed by atoms with Gasteiger partial charge < -0.3 is 5.73 Å². The van der Waals surface area contributed by atoms with Crippen molar-refractivity contribution in [2.24, 2.45) is 0 Å². The molecule has 0 amide bonds. The fourth-order valence-corrected chi connectivity index (χ4v) is 1.12. The minimum Gasteiger partial charge on any atom is -0.395 e. The number of hydrogen-bond acceptors (Lipinski definition) is 1. The Kier molecular flexibility index (Phi) is 2.32. The molecule has 0 atom stereocenters. The van der Waals surface area contributed by atoms with Crippen molar-refractivity contribution >= 4 is 21.6 Å². The number of hydrogen-bond donors (Lipinski definition) is 1. The molecule has 0 spiro atoms. The van der Waals surface area contributed by atoms with Gasteiger partial charge in [0.1, 0.15) is 0 Å². The summed E-state index contributed by atoms with van der Waals surface area (Å²) in [6, 6.07) is 0. The summed E-state index contributed by atoms with van der Waals surface area (Å²) < 4.78 is 38.0. The van der Waals surface area contributed by atoms with E-state index in [4.69, 9.17) is 5.73 Å². The van der Waals surface area contributed by atoms with Crippen LogP contribution in [0.1, 0.15) is 5.56 Å². The molecule has 12 heavy (non-hydrogen) atoms. The van der Waals surface area contributed by atoms with E-state index >= 15 is 0 Å². The average Bonchev–Trinajstić information content (AvgIpc) is 2.08. The van der Waals surface area contributed by atoms with E-state index in [-0.39, 0.29) is 4.47 Å². The third-order valence-electron chi connectivity index (χ3n) is 1.52. The van der Waals surface area contributed by atoms with E-state index in [1.807, 2.05) is 0 Å². The lowest BCUT2D eigenvalue weighted by atomic mass is 10.2. The molecule has 1 rings (SSSR count). The first-order valence-corrected chi connectivity index (χ1v) is 3.84. The number of rotatable bonds is 0. The highest BCUT2D eigenvalue weighted by atomic mass is 79.9. The zero-order valence-corrected chi connectivity index (χ0v) is 7.68. The van der Waals surface area contributed by atoms with Crippen molar-refractivity contribution < 1.29 is 13.2 Å². The molecule has 1 aromatic carbocycles. The number of benzene rings is 1. The molecule has 0 heterocycles. The summed E-state index contributed by atoms with van der Waals surface area (Å²) in [6.45, 7) is 1.12. The molecule has 0 aliphatic carbocycles. The van der Waals surface area contributed by atoms with Crippen molar-refractivity contribution in [3.8, 4) is 0 Å². The van der Waals surface area contributed by atoms with Crippen molar-refractivity contribution in [1.82, 2.24) is 0 Å². The molecule has 0 aromatic heterocycles. The molecule has 66 valence electrons. The molecule has 1 aromatic rings. The first-order valence-electron chi connectivity index (χ1n) is 3.04. The van der Waals surface area contributed by atoms with Crippen LogP contribution in [0, 0.1) is 24.4 Å². The number of nitrogens with two attached hydrogens (primary N) is 1. The fourth-order valence-electron chi connectivity index (χ4n) is 0.774. The van der Waals surface area contributed by atoms with Crippen molar-refractivity contribution in [2.45, 2.75) is 6.92 Å². The van der Waals surface area contributed by atoms with Crippen molar-refractivity contribution in [2.75, 3.05) is 5.73 Å². The molecule has 0 fully saturated rings. The molecule has 5 heteroatoms. The van der Waals surface area contributed by atoms with Crippen molar-refractivity contribution in [1.29, 1.82) is 0 Å². The summed E-state index contributed by atoms with van der Waals surface area (Å²) in [4.78, 5) is 0. The van der Waals surface area contributed by atoms with Gasteiger partial charge in [-0.1, -0.05) is 0 Å². The summed E-state index contributed by atoms with van der Waals surface area (Å²) in [7, 11) is 0. The molecule has 1 nitrogen and oxygen atoms in total. The second-order valence-electron chi connectivity index (χ2n) is 2.29. The first-order chi connectivity index (χ1) is 5.46. The third-order valence-corrected chi connectivity index (χ3v) is 2.29. The molecule has 0 unspecified atom stereocenters. The second kappa shape index (κ2) is 2.97. The SMILES string of the molecule is Cc1c(F)c(N)c(Br)c(F)c1F. The van der Waals surface area contributed by atoms with Crippen LogP contribution in [0.25, 0.3) is 0 Å². The number of halogens is 4. The van der Waals surface area contributed by atoms with Crippen LogP contribution < -0.4 is 5.73 Å². The van der Waals surface area contributed by atoms with Gasteiger partial charge in [-0.3, -0.25) is 0 Å². The van der Waals surface area contributed by atoms with Crippen LogP contribution >= 0.6 is 15.9 Å². The Hall–Kier alpha value is -0.710. The fraction of sp³-hybridized carbons (Fsp3) is 0.143. The summed E-state index contributed by atoms with van der Waals surface area (Å²) in [5.74, 6) is -3.30. The van der Waals surface area contributed by atoms with Gasteiger partial charge in [-0.05, 0) is 22.9 Å². The van der Waals surface area contributed by atoms with Crippen LogP contribution in [-0.4, -0.2) is 0 Å². The maximum absolute atomic E-state index is 12.9. The molecule has 0 radical (unpaired) electrons. The topological polar surface area (TPSA) is 26.0 Å². The van der Waals surface area contributed by atoms with E-state index in [9.17, 15) is 13.2 Å². The normalized spacial score (nSPS) is 10.4. The number of nitrogen functional groups attached to an aromatic ring is 1. The van der Waals surface area contributed by atoms with Gasteiger partial charge in [0.15, 0.2) is 17.5 Å². The highest BCUT2D eigenvalue weighted by Gasteiger charge is 2.18. The molecule has 0 aliphatic heterocycles. The van der Waals surface area contributed by atoms with Gasteiger partial charge >= 0.3 is 0 Å². The number of anilines is 1. The summed E-state index contributed by atoms with van der Waals surface area (Å²) in [5.41, 5.74) is 4.30. The Morgan fingerprint density at radius 1 is 1.08 bits per heavy atom. The lowest BCUT2D eigenvalue weighted by Crippen LogP contribution is -2.02. The van der Waals surface area contributed by atoms with Gasteiger partial charge in [-0.2, -0.15) is 0 Å². The van der Waals surface area contributed by atoms with Crippen LogP contribution in [0.3, 0.4) is 0 Å². The van der Waals surface area contributed by atoms with Crippen LogP contribution in [0.2, 0.25) is 0 Å². The summed E-state index contributed by atoms with van der Waals surface area (Å²) in [6.07, 6.45) is 0. The average molecular weight is 240 g/mol. The van der Waals surface area contributed by atoms with Gasteiger partial charge in [0.05, 0.1) is 10.2 Å². The van der Waals surface area contributed by atoms with Crippen LogP contribution in [0.4, 0.5) is 18.9 Å². The Morgan fingerprint density at radius 3 is 2.08 bits per heavy atom. The van der Waals surface area contributed by atoms with Gasteiger partial charge in [0, 0.05) is 5.56 Å². The van der Waals surface area contributed by atoms with E-state index in [1.165, 1.54) is 0 Å². The summed E-state index contributed by atoms with van der Waals surface area (Å²) in [5, 5.41) is 0. The van der Waals surface area contributed by atoms with E-state index in [0.717, 1.165) is 6.92 Å². The quantitative estimate of drug-likeness (QED) is 0.421. The molecule has 0 bridgehead atoms. The predicted molar refractivity (Wildman–Crippen MR) is 43.2 cm³/mol. The Labute approximate surface area is 75.5 Å². The van der Waals surface area contributed by atoms with E-state index in [2.05, 4.69) is 15.9 Å². The van der Waals surface area contributed by atoms with E-state index in [0.29, 0.717) is 0 Å². The zero-order valence-electron chi connectivity index (χ0n) is 6.09. The maximum atomic E-state index is 12.9. The summed E-state index contributed by atoms with van der Waals surface area (Å²) >= 11 is 2.63. The van der Waals surface area contributed by atoms with E-state index < -0.39 is 28.7 Å². The lowest BCUT2D eigenvalue weighted by molar-refractivity contribution is 0.483. The monoisotopic (exact) mass is 239 g/mol. The molecular weight excluding hydrogens is 235 g/mol. The molecular formula is C7H5BrF3N. The van der Waals surface area contributed by atoms with Gasteiger partial charge in [0.25, 0.3) is 0 Å². The highest BCUT2D eigenvalue weighted by molar-refractivity contribution is 9.10. The zero-order chi connectivity index (χ0) is 9.46. The Morgan fingerprint density at radius 2 is 1.58 bits per heavy atom. The van der Waals surface area contributed by atoms with Crippen LogP contribution in [0.5, 0.6) is 0 Å². The third kappa shape index (κ3) is 1.18. The molecule has 0 saturated heterocycles. The second-order valence-corrected chi connectivity index (χ2v) is 3.09. The van der Waals surface area contributed by atoms with E-state index in [1.54, 1.807) is 0 Å².